The topological polar surface area (TPSA) is 147 Å². The number of rotatable bonds is 10. The number of hydrogen-bond acceptors (Lipinski definition) is 11. The van der Waals surface area contributed by atoms with Crippen LogP contribution in [0.15, 0.2) is 18.2 Å². The molecule has 48 heavy (non-hydrogen) atoms. The van der Waals surface area contributed by atoms with Crippen molar-refractivity contribution in [1.29, 1.82) is 0 Å². The lowest BCUT2D eigenvalue weighted by atomic mass is 10.1. The van der Waals surface area contributed by atoms with E-state index in [2.05, 4.69) is 15.3 Å². The van der Waals surface area contributed by atoms with Crippen LogP contribution in [0.1, 0.15) is 85.5 Å². The highest BCUT2D eigenvalue weighted by molar-refractivity contribution is 5.93. The Morgan fingerprint density at radius 3 is 2.38 bits per heavy atom. The molecule has 6 atom stereocenters. The van der Waals surface area contributed by atoms with E-state index in [4.69, 9.17) is 23.7 Å². The molecule has 13 nitrogen and oxygen atoms in total. The van der Waals surface area contributed by atoms with Crippen molar-refractivity contribution in [1.82, 2.24) is 9.97 Å². The maximum atomic E-state index is 14.1. The highest BCUT2D eigenvalue weighted by atomic mass is 19.2. The molecule has 1 N–H and O–H groups in total. The molecule has 264 valence electrons. The van der Waals surface area contributed by atoms with E-state index in [0.717, 1.165) is 17.0 Å². The molecule has 3 fully saturated rings. The molecule has 0 radical (unpaired) electrons. The second kappa shape index (κ2) is 13.1. The fourth-order valence-electron chi connectivity index (χ4n) is 6.21. The van der Waals surface area contributed by atoms with Gasteiger partial charge in [0.05, 0.1) is 35.9 Å². The summed E-state index contributed by atoms with van der Waals surface area (Å²) in [6, 6.07) is 2.31. The third-order valence-corrected chi connectivity index (χ3v) is 8.12. The summed E-state index contributed by atoms with van der Waals surface area (Å²) < 4.78 is 57.9. The standard InChI is InChI=1S/C33H45F2N5O8/c1-17-36-28(38-22-16-24(44-12-13-45-31(2,3)4)27-26(22)46-33(8,9)47-27)25(40(42)43)29(37-17)39(30(41)48-32(5,6)7)23-15-19(23)18-10-11-20(34)21(35)14-18/h10-11,14,19,22-24,26-27H,12-13,15-16H2,1-9H3,(H,36,37,38)/t19-,22+,23+,24-,26-,27+/m0/s1. The van der Waals surface area contributed by atoms with Crippen LogP contribution in [-0.2, 0) is 23.7 Å². The predicted octanol–water partition coefficient (Wildman–Crippen LogP) is 6.17. The summed E-state index contributed by atoms with van der Waals surface area (Å²) in [7, 11) is 0. The molecular formula is C33H45F2N5O8. The van der Waals surface area contributed by atoms with Gasteiger partial charge in [-0.3, -0.25) is 15.0 Å². The Labute approximate surface area is 278 Å². The molecule has 2 aromatic rings. The number of halogens is 2. The predicted molar refractivity (Wildman–Crippen MR) is 171 cm³/mol. The van der Waals surface area contributed by atoms with Crippen LogP contribution in [0.25, 0.3) is 0 Å². The van der Waals surface area contributed by atoms with E-state index in [-0.39, 0.29) is 23.1 Å². The number of aromatic nitrogens is 2. The van der Waals surface area contributed by atoms with Gasteiger partial charge in [-0.15, -0.1) is 0 Å². The van der Waals surface area contributed by atoms with Gasteiger partial charge in [0, 0.05) is 12.0 Å². The summed E-state index contributed by atoms with van der Waals surface area (Å²) in [4.78, 5) is 35.8. The molecule has 5 rings (SSSR count). The fourth-order valence-corrected chi connectivity index (χ4v) is 6.21. The number of nitrogens with one attached hydrogen (secondary N) is 1. The third kappa shape index (κ3) is 8.18. The first-order chi connectivity index (χ1) is 22.2. The lowest BCUT2D eigenvalue weighted by Gasteiger charge is -2.28. The Morgan fingerprint density at radius 1 is 1.06 bits per heavy atom. The molecule has 0 spiro atoms. The number of carbonyl (C=O) groups is 1. The van der Waals surface area contributed by atoms with Gasteiger partial charge >= 0.3 is 11.8 Å². The van der Waals surface area contributed by atoms with Crippen LogP contribution in [0.5, 0.6) is 0 Å². The van der Waals surface area contributed by atoms with Gasteiger partial charge in [0.15, 0.2) is 17.4 Å². The van der Waals surface area contributed by atoms with Gasteiger partial charge in [-0.1, -0.05) is 6.07 Å². The van der Waals surface area contributed by atoms with Crippen molar-refractivity contribution >= 4 is 23.4 Å². The summed E-state index contributed by atoms with van der Waals surface area (Å²) in [5.41, 5.74) is -1.38. The number of ether oxygens (including phenoxy) is 5. The van der Waals surface area contributed by atoms with Gasteiger partial charge in [-0.2, -0.15) is 0 Å². The normalized spacial score (nSPS) is 26.2. The van der Waals surface area contributed by atoms with E-state index in [1.165, 1.54) is 6.07 Å². The summed E-state index contributed by atoms with van der Waals surface area (Å²) in [6.45, 7) is 16.7. The molecule has 1 aromatic heterocycles. The van der Waals surface area contributed by atoms with Gasteiger partial charge in [0.2, 0.25) is 11.6 Å². The Morgan fingerprint density at radius 2 is 1.75 bits per heavy atom. The van der Waals surface area contributed by atoms with Gasteiger partial charge in [-0.25, -0.2) is 23.5 Å². The number of fused-ring (bicyclic) bond motifs is 1. The lowest BCUT2D eigenvalue weighted by molar-refractivity contribution is -0.383. The SMILES string of the molecule is Cc1nc(N[C@@H]2C[C@H](OCCOC(C)(C)C)[C@H]3OC(C)(C)O[C@H]32)c([N+](=O)[O-])c(N(C(=O)OC(C)(C)C)[C@@H]2C[C@H]2c2ccc(F)c(F)c2)n1. The average Bonchev–Trinajstić information content (AvgIpc) is 3.55. The molecule has 1 aromatic carbocycles. The zero-order valence-corrected chi connectivity index (χ0v) is 28.8. The summed E-state index contributed by atoms with van der Waals surface area (Å²) in [5, 5.41) is 16.0. The summed E-state index contributed by atoms with van der Waals surface area (Å²) >= 11 is 0. The second-order valence-electron chi connectivity index (χ2n) is 14.9. The molecule has 1 saturated heterocycles. The molecule has 15 heteroatoms. The fraction of sp³-hybridized carbons (Fsp3) is 0.667. The number of hydrogen-bond donors (Lipinski definition) is 1. The first-order valence-electron chi connectivity index (χ1n) is 16.1. The van der Waals surface area contributed by atoms with Crippen LogP contribution in [0.4, 0.5) is 30.9 Å². The van der Waals surface area contributed by atoms with Gasteiger partial charge in [-0.05, 0) is 92.9 Å². The smallest absolute Gasteiger partial charge is 0.416 e. The van der Waals surface area contributed by atoms with Crippen molar-refractivity contribution < 1.29 is 42.2 Å². The van der Waals surface area contributed by atoms with Crippen LogP contribution in [0.2, 0.25) is 0 Å². The number of benzene rings is 1. The van der Waals surface area contributed by atoms with E-state index in [0.29, 0.717) is 31.6 Å². The van der Waals surface area contributed by atoms with Crippen molar-refractivity contribution in [2.45, 2.75) is 128 Å². The Kier molecular flexibility index (Phi) is 9.74. The lowest BCUT2D eigenvalue weighted by Crippen LogP contribution is -2.40. The van der Waals surface area contributed by atoms with Crippen LogP contribution in [-0.4, -0.2) is 81.6 Å². The van der Waals surface area contributed by atoms with E-state index in [1.807, 2.05) is 20.8 Å². The Hall–Kier alpha value is -3.53. The molecule has 0 unspecified atom stereocenters. The van der Waals surface area contributed by atoms with Crippen LogP contribution in [0.3, 0.4) is 0 Å². The van der Waals surface area contributed by atoms with E-state index >= 15 is 0 Å². The van der Waals surface area contributed by atoms with Crippen LogP contribution in [0, 0.1) is 28.7 Å². The van der Waals surface area contributed by atoms with Gasteiger partial charge in [0.1, 0.15) is 23.6 Å². The Balaban J connectivity index is 1.47. The van der Waals surface area contributed by atoms with Crippen molar-refractivity contribution in [2.24, 2.45) is 0 Å². The molecule has 1 aliphatic heterocycles. The second-order valence-corrected chi connectivity index (χ2v) is 14.9. The van der Waals surface area contributed by atoms with Crippen molar-refractivity contribution in [2.75, 3.05) is 23.4 Å². The number of carbonyl (C=O) groups excluding carboxylic acids is 1. The van der Waals surface area contributed by atoms with Crippen LogP contribution >= 0.6 is 0 Å². The van der Waals surface area contributed by atoms with E-state index in [1.54, 1.807) is 41.5 Å². The van der Waals surface area contributed by atoms with Crippen LogP contribution < -0.4 is 10.2 Å². The van der Waals surface area contributed by atoms with E-state index in [9.17, 15) is 23.7 Å². The largest absolute Gasteiger partial charge is 0.443 e. The van der Waals surface area contributed by atoms with E-state index < -0.39 is 76.0 Å². The minimum absolute atomic E-state index is 0.116. The highest BCUT2D eigenvalue weighted by Gasteiger charge is 2.56. The molecular weight excluding hydrogens is 632 g/mol. The molecule has 3 aliphatic rings. The van der Waals surface area contributed by atoms with Gasteiger partial charge in [0.25, 0.3) is 0 Å². The molecule has 2 aliphatic carbocycles. The first-order valence-corrected chi connectivity index (χ1v) is 16.1. The summed E-state index contributed by atoms with van der Waals surface area (Å²) in [5.74, 6) is -3.63. The first kappa shape index (κ1) is 35.8. The molecule has 2 saturated carbocycles. The molecule has 0 bridgehead atoms. The zero-order chi connectivity index (χ0) is 35.3. The maximum Gasteiger partial charge on any atom is 0.416 e. The third-order valence-electron chi connectivity index (χ3n) is 8.12. The summed E-state index contributed by atoms with van der Waals surface area (Å²) in [6.07, 6.45) is -1.57. The minimum Gasteiger partial charge on any atom is -0.443 e. The van der Waals surface area contributed by atoms with Crippen molar-refractivity contribution in [3.63, 3.8) is 0 Å². The molecule has 1 amide bonds. The zero-order valence-electron chi connectivity index (χ0n) is 28.8. The Bertz CT molecular complexity index is 1550. The number of amides is 1. The minimum atomic E-state index is -1.03. The maximum absolute atomic E-state index is 14.1. The van der Waals surface area contributed by atoms with Crippen molar-refractivity contribution in [3.05, 3.63) is 51.3 Å². The highest BCUT2D eigenvalue weighted by Crippen LogP contribution is 2.49. The van der Waals surface area contributed by atoms with Gasteiger partial charge < -0.3 is 29.0 Å². The quantitative estimate of drug-likeness (QED) is 0.175. The number of anilines is 2. The average molecular weight is 678 g/mol. The monoisotopic (exact) mass is 677 g/mol. The number of aryl methyl sites for hydroxylation is 1. The van der Waals surface area contributed by atoms with Crippen molar-refractivity contribution in [3.8, 4) is 0 Å². The number of nitrogens with zero attached hydrogens (tertiary/aromatic N) is 4. The molecule has 2 heterocycles. The number of nitro groups is 1.